The Morgan fingerprint density at radius 3 is 2.86 bits per heavy atom. The third-order valence-electron chi connectivity index (χ3n) is 6.25. The molecule has 2 bridgehead atoms. The fourth-order valence-electron chi connectivity index (χ4n) is 4.87. The predicted molar refractivity (Wildman–Crippen MR) is 107 cm³/mol. The Labute approximate surface area is 162 Å². The van der Waals surface area contributed by atoms with Crippen molar-refractivity contribution in [3.8, 4) is 5.75 Å². The SMILES string of the molecule is COc1ccc2[nH]c(C(=O)N3CC4CC(C3)c3cccc(=O)n3C4)c(C)c2c1. The van der Waals surface area contributed by atoms with Crippen LogP contribution >= 0.6 is 0 Å². The molecule has 0 aliphatic carbocycles. The number of pyridine rings is 1. The van der Waals surface area contributed by atoms with Crippen molar-refractivity contribution in [1.29, 1.82) is 0 Å². The molecule has 144 valence electrons. The summed E-state index contributed by atoms with van der Waals surface area (Å²) in [7, 11) is 1.64. The van der Waals surface area contributed by atoms with Crippen LogP contribution in [0.1, 0.15) is 34.1 Å². The van der Waals surface area contributed by atoms with Crippen molar-refractivity contribution in [2.75, 3.05) is 20.2 Å². The molecule has 2 unspecified atom stereocenters. The molecule has 0 radical (unpaired) electrons. The number of H-pyrrole nitrogens is 1. The number of rotatable bonds is 2. The molecule has 28 heavy (non-hydrogen) atoms. The number of benzene rings is 1. The van der Waals surface area contributed by atoms with Crippen LogP contribution in [0, 0.1) is 12.8 Å². The van der Waals surface area contributed by atoms with E-state index in [9.17, 15) is 9.59 Å². The number of nitrogens with zero attached hydrogens (tertiary/aromatic N) is 2. The lowest BCUT2D eigenvalue weighted by Gasteiger charge is -2.42. The van der Waals surface area contributed by atoms with Gasteiger partial charge in [0.2, 0.25) is 0 Å². The minimum atomic E-state index is 0.0362. The molecule has 1 N–H and O–H groups in total. The highest BCUT2D eigenvalue weighted by molar-refractivity contribution is 6.01. The average Bonchev–Trinajstić information content (AvgIpc) is 3.04. The number of nitrogens with one attached hydrogen (secondary N) is 1. The number of aromatic amines is 1. The van der Waals surface area contributed by atoms with E-state index in [1.54, 1.807) is 13.2 Å². The summed E-state index contributed by atoms with van der Waals surface area (Å²) in [6, 6.07) is 11.3. The first-order valence-electron chi connectivity index (χ1n) is 9.70. The molecule has 1 amide bonds. The summed E-state index contributed by atoms with van der Waals surface area (Å²) < 4.78 is 7.21. The normalized spacial score (nSPS) is 20.9. The smallest absolute Gasteiger partial charge is 0.270 e. The zero-order chi connectivity index (χ0) is 19.4. The van der Waals surface area contributed by atoms with E-state index in [2.05, 4.69) is 4.98 Å². The van der Waals surface area contributed by atoms with Gasteiger partial charge in [-0.05, 0) is 49.1 Å². The van der Waals surface area contributed by atoms with Gasteiger partial charge in [0.05, 0.1) is 7.11 Å². The highest BCUT2D eigenvalue weighted by Gasteiger charge is 2.37. The third kappa shape index (κ3) is 2.55. The first kappa shape index (κ1) is 17.1. The molecule has 2 aliphatic heterocycles. The lowest BCUT2D eigenvalue weighted by molar-refractivity contribution is 0.0589. The second kappa shape index (κ2) is 6.26. The number of ether oxygens (including phenoxy) is 1. The number of hydrogen-bond donors (Lipinski definition) is 1. The molecular weight excluding hydrogens is 354 g/mol. The van der Waals surface area contributed by atoms with E-state index < -0.39 is 0 Å². The van der Waals surface area contributed by atoms with Crippen LogP contribution in [0.15, 0.2) is 41.2 Å². The van der Waals surface area contributed by atoms with Crippen molar-refractivity contribution in [2.24, 2.45) is 5.92 Å². The van der Waals surface area contributed by atoms with Crippen LogP contribution in [0.3, 0.4) is 0 Å². The van der Waals surface area contributed by atoms with E-state index >= 15 is 0 Å². The molecule has 1 fully saturated rings. The number of methoxy groups -OCH3 is 1. The van der Waals surface area contributed by atoms with Gasteiger partial charge >= 0.3 is 0 Å². The van der Waals surface area contributed by atoms with Crippen LogP contribution in [-0.2, 0) is 6.54 Å². The van der Waals surface area contributed by atoms with Crippen LogP contribution < -0.4 is 10.3 Å². The molecule has 6 nitrogen and oxygen atoms in total. The van der Waals surface area contributed by atoms with Crippen molar-refractivity contribution in [1.82, 2.24) is 14.5 Å². The molecule has 5 rings (SSSR count). The molecule has 0 spiro atoms. The van der Waals surface area contributed by atoms with Gasteiger partial charge in [-0.3, -0.25) is 9.59 Å². The number of hydrogen-bond acceptors (Lipinski definition) is 3. The Kier molecular flexibility index (Phi) is 3.82. The maximum atomic E-state index is 13.3. The molecule has 6 heteroatoms. The topological polar surface area (TPSA) is 67.3 Å². The van der Waals surface area contributed by atoms with E-state index in [0.29, 0.717) is 31.2 Å². The van der Waals surface area contributed by atoms with E-state index in [1.165, 1.54) is 0 Å². The minimum Gasteiger partial charge on any atom is -0.497 e. The van der Waals surface area contributed by atoms with E-state index in [1.807, 2.05) is 46.7 Å². The van der Waals surface area contributed by atoms with Crippen molar-refractivity contribution in [3.63, 3.8) is 0 Å². The van der Waals surface area contributed by atoms with Gasteiger partial charge in [-0.2, -0.15) is 0 Å². The van der Waals surface area contributed by atoms with Gasteiger partial charge < -0.3 is 19.2 Å². The van der Waals surface area contributed by atoms with Crippen LogP contribution in [0.4, 0.5) is 0 Å². The van der Waals surface area contributed by atoms with Crippen molar-refractivity contribution in [3.05, 3.63) is 63.7 Å². The molecular formula is C22H23N3O3. The maximum absolute atomic E-state index is 13.3. The van der Waals surface area contributed by atoms with Gasteiger partial charge in [0.1, 0.15) is 11.4 Å². The second-order valence-electron chi connectivity index (χ2n) is 7.94. The zero-order valence-electron chi connectivity index (χ0n) is 16.1. The fraction of sp³-hybridized carbons (Fsp3) is 0.364. The number of amides is 1. The zero-order valence-corrected chi connectivity index (χ0v) is 16.1. The summed E-state index contributed by atoms with van der Waals surface area (Å²) >= 11 is 0. The molecule has 2 aliphatic rings. The summed E-state index contributed by atoms with van der Waals surface area (Å²) in [6.07, 6.45) is 1.04. The summed E-state index contributed by atoms with van der Waals surface area (Å²) in [4.78, 5) is 30.8. The largest absolute Gasteiger partial charge is 0.497 e. The number of carbonyl (C=O) groups excluding carboxylic acids is 1. The van der Waals surface area contributed by atoms with Gasteiger partial charge in [0.25, 0.3) is 11.5 Å². The monoisotopic (exact) mass is 377 g/mol. The van der Waals surface area contributed by atoms with Gasteiger partial charge in [-0.1, -0.05) is 6.07 Å². The van der Waals surface area contributed by atoms with Crippen LogP contribution in [0.25, 0.3) is 10.9 Å². The Hall–Kier alpha value is -3.02. The molecule has 1 aromatic carbocycles. The van der Waals surface area contributed by atoms with Crippen LogP contribution in [0.5, 0.6) is 5.75 Å². The Bertz CT molecular complexity index is 1140. The summed E-state index contributed by atoms with van der Waals surface area (Å²) in [5.74, 6) is 1.35. The molecule has 3 aromatic rings. The van der Waals surface area contributed by atoms with E-state index in [-0.39, 0.29) is 17.4 Å². The summed E-state index contributed by atoms with van der Waals surface area (Å²) in [5.41, 5.74) is 3.66. The quantitative estimate of drug-likeness (QED) is 0.747. The Balaban J connectivity index is 1.48. The number of carbonyl (C=O) groups is 1. The first-order chi connectivity index (χ1) is 13.5. The molecule has 2 atom stereocenters. The minimum absolute atomic E-state index is 0.0362. The Morgan fingerprint density at radius 2 is 2.04 bits per heavy atom. The number of aromatic nitrogens is 2. The van der Waals surface area contributed by atoms with E-state index in [4.69, 9.17) is 4.74 Å². The second-order valence-corrected chi connectivity index (χ2v) is 7.94. The van der Waals surface area contributed by atoms with Crippen LogP contribution in [-0.4, -0.2) is 40.6 Å². The highest BCUT2D eigenvalue weighted by atomic mass is 16.5. The maximum Gasteiger partial charge on any atom is 0.270 e. The van der Waals surface area contributed by atoms with Gasteiger partial charge in [-0.15, -0.1) is 0 Å². The van der Waals surface area contributed by atoms with Gasteiger partial charge in [0.15, 0.2) is 0 Å². The number of fused-ring (bicyclic) bond motifs is 5. The number of piperidine rings is 1. The first-order valence-corrected chi connectivity index (χ1v) is 9.70. The van der Waals surface area contributed by atoms with E-state index in [0.717, 1.165) is 34.3 Å². The molecule has 4 heterocycles. The van der Waals surface area contributed by atoms with Gasteiger partial charge in [0, 0.05) is 48.2 Å². The Morgan fingerprint density at radius 1 is 1.18 bits per heavy atom. The highest BCUT2D eigenvalue weighted by Crippen LogP contribution is 2.36. The van der Waals surface area contributed by atoms with Crippen molar-refractivity contribution < 1.29 is 9.53 Å². The molecule has 2 aromatic heterocycles. The summed E-state index contributed by atoms with van der Waals surface area (Å²) in [5, 5.41) is 1.01. The van der Waals surface area contributed by atoms with Gasteiger partial charge in [-0.25, -0.2) is 0 Å². The van der Waals surface area contributed by atoms with Crippen LogP contribution in [0.2, 0.25) is 0 Å². The molecule has 0 saturated carbocycles. The summed E-state index contributed by atoms with van der Waals surface area (Å²) in [6.45, 7) is 4.01. The third-order valence-corrected chi connectivity index (χ3v) is 6.25. The number of aryl methyl sites for hydroxylation is 1. The predicted octanol–water partition coefficient (Wildman–Crippen LogP) is 2.91. The molecule has 1 saturated heterocycles. The van der Waals surface area contributed by atoms with Crippen molar-refractivity contribution >= 4 is 16.8 Å². The standard InChI is InChI=1S/C22H23N3O3/c1-13-17-9-16(28-2)6-7-18(17)23-21(13)22(27)24-10-14-8-15(12-24)19-4-3-5-20(26)25(19)11-14/h3-7,9,14-15,23H,8,10-12H2,1-2H3. The number of likely N-dealkylation sites (tertiary alicyclic amines) is 1. The lowest BCUT2D eigenvalue weighted by atomic mass is 9.83. The fourth-order valence-corrected chi connectivity index (χ4v) is 4.87. The van der Waals surface area contributed by atoms with Crippen molar-refractivity contribution in [2.45, 2.75) is 25.8 Å². The average molecular weight is 377 g/mol. The lowest BCUT2D eigenvalue weighted by Crippen LogP contribution is -2.49.